The Hall–Kier alpha value is -2.79. The number of nitrogens with zero attached hydrogens (tertiary/aromatic N) is 1. The van der Waals surface area contributed by atoms with Crippen LogP contribution in [-0.4, -0.2) is 39.1 Å². The van der Waals surface area contributed by atoms with Gasteiger partial charge in [0.05, 0.1) is 30.4 Å². The van der Waals surface area contributed by atoms with Crippen LogP contribution >= 0.6 is 23.2 Å². The minimum absolute atomic E-state index is 0.0667. The van der Waals surface area contributed by atoms with E-state index < -0.39 is 0 Å². The maximum absolute atomic E-state index is 12.2. The number of rotatable bonds is 7. The third-order valence-electron chi connectivity index (χ3n) is 3.73. The number of halogens is 2. The maximum Gasteiger partial charge on any atom is 0.279 e. The van der Waals surface area contributed by atoms with Gasteiger partial charge >= 0.3 is 0 Å². The molecule has 2 aromatic rings. The molecule has 0 saturated heterocycles. The summed E-state index contributed by atoms with van der Waals surface area (Å²) in [6.07, 6.45) is 0. The van der Waals surface area contributed by atoms with Crippen LogP contribution in [0.25, 0.3) is 0 Å². The number of anilines is 2. The van der Waals surface area contributed by atoms with E-state index in [2.05, 4.69) is 10.6 Å². The molecule has 3 N–H and O–H groups in total. The molecule has 0 aliphatic rings. The number of nitriles is 1. The fourth-order valence-electron chi connectivity index (χ4n) is 2.47. The van der Waals surface area contributed by atoms with Crippen LogP contribution in [0.5, 0.6) is 5.75 Å². The highest BCUT2D eigenvalue weighted by Crippen LogP contribution is 2.27. The van der Waals surface area contributed by atoms with Gasteiger partial charge in [-0.15, -0.1) is 0 Å². The van der Waals surface area contributed by atoms with Crippen molar-refractivity contribution in [1.82, 2.24) is 0 Å². The fourth-order valence-corrected chi connectivity index (χ4v) is 2.87. The lowest BCUT2D eigenvalue weighted by Gasteiger charge is -2.15. The number of nitrogens with one attached hydrogen (secondary N) is 3. The molecule has 0 heterocycles. The molecule has 146 valence electrons. The Morgan fingerprint density at radius 2 is 1.79 bits per heavy atom. The third-order valence-corrected chi connectivity index (χ3v) is 4.28. The summed E-state index contributed by atoms with van der Waals surface area (Å²) in [5.41, 5.74) is 1.27. The zero-order valence-corrected chi connectivity index (χ0v) is 16.8. The molecule has 0 saturated carbocycles. The number of methoxy groups -OCH3 is 1. The molecule has 0 fully saturated rings. The van der Waals surface area contributed by atoms with Crippen LogP contribution in [0, 0.1) is 11.3 Å². The average molecular weight is 422 g/mol. The number of amides is 2. The molecule has 0 radical (unpaired) electrons. The molecule has 0 aromatic heterocycles. The molecule has 2 amide bonds. The Morgan fingerprint density at radius 1 is 1.11 bits per heavy atom. The van der Waals surface area contributed by atoms with Crippen LogP contribution < -0.4 is 20.3 Å². The lowest BCUT2D eigenvalue weighted by Crippen LogP contribution is -3.11. The summed E-state index contributed by atoms with van der Waals surface area (Å²) in [7, 11) is 3.22. The molecular formula is C19H19Cl2N4O3+. The molecule has 1 unspecified atom stereocenters. The first-order valence-corrected chi connectivity index (χ1v) is 9.02. The van der Waals surface area contributed by atoms with Gasteiger partial charge in [-0.2, -0.15) is 5.26 Å². The van der Waals surface area contributed by atoms with E-state index in [4.69, 9.17) is 33.2 Å². The van der Waals surface area contributed by atoms with E-state index in [0.717, 1.165) is 0 Å². The Morgan fingerprint density at radius 3 is 2.39 bits per heavy atom. The summed E-state index contributed by atoms with van der Waals surface area (Å²) >= 11 is 11.9. The summed E-state index contributed by atoms with van der Waals surface area (Å²) in [6.45, 7) is 0.134. The normalized spacial score (nSPS) is 11.2. The number of hydrogen-bond acceptors (Lipinski definition) is 4. The van der Waals surface area contributed by atoms with E-state index in [1.165, 1.54) is 19.2 Å². The summed E-state index contributed by atoms with van der Waals surface area (Å²) in [6, 6.07) is 11.5. The van der Waals surface area contributed by atoms with Crippen LogP contribution in [0.15, 0.2) is 36.4 Å². The van der Waals surface area contributed by atoms with Gasteiger partial charge in [0.1, 0.15) is 11.8 Å². The van der Waals surface area contributed by atoms with Gasteiger partial charge in [0.25, 0.3) is 11.8 Å². The number of ether oxygens (including phenoxy) is 1. The zero-order chi connectivity index (χ0) is 20.7. The summed E-state index contributed by atoms with van der Waals surface area (Å²) in [5, 5.41) is 15.0. The smallest absolute Gasteiger partial charge is 0.279 e. The zero-order valence-electron chi connectivity index (χ0n) is 15.3. The topological polar surface area (TPSA) is 95.7 Å². The highest BCUT2D eigenvalue weighted by molar-refractivity contribution is 6.32. The van der Waals surface area contributed by atoms with Crippen LogP contribution in [0.2, 0.25) is 10.0 Å². The second kappa shape index (κ2) is 9.95. The van der Waals surface area contributed by atoms with Crippen LogP contribution in [0.1, 0.15) is 5.56 Å². The molecule has 9 heteroatoms. The molecule has 0 spiro atoms. The standard InChI is InChI=1S/C19H18Cl2N4O3/c1-25(10-18(26)23-14-5-3-12(9-22)15(21)8-14)11-19(27)24-16-7-13(20)4-6-17(16)28-2/h3-8H,10-11H2,1-2H3,(H,23,26)(H,24,27)/p+1. The molecule has 1 atom stereocenters. The van der Waals surface area contributed by atoms with E-state index >= 15 is 0 Å². The van der Waals surface area contributed by atoms with E-state index in [1.807, 2.05) is 6.07 Å². The van der Waals surface area contributed by atoms with E-state index in [9.17, 15) is 9.59 Å². The number of hydrogen-bond donors (Lipinski definition) is 3. The van der Waals surface area contributed by atoms with Crippen molar-refractivity contribution in [1.29, 1.82) is 5.26 Å². The Kier molecular flexibility index (Phi) is 7.64. The molecular weight excluding hydrogens is 403 g/mol. The molecule has 0 aliphatic heterocycles. The van der Waals surface area contributed by atoms with E-state index in [1.54, 1.807) is 31.3 Å². The van der Waals surface area contributed by atoms with Gasteiger partial charge in [0, 0.05) is 10.7 Å². The van der Waals surface area contributed by atoms with Crippen molar-refractivity contribution >= 4 is 46.4 Å². The van der Waals surface area contributed by atoms with Crippen LogP contribution in [-0.2, 0) is 9.59 Å². The van der Waals surface area contributed by atoms with E-state index in [0.29, 0.717) is 32.6 Å². The second-order valence-corrected chi connectivity index (χ2v) is 6.90. The van der Waals surface area contributed by atoms with Gasteiger partial charge in [-0.05, 0) is 36.4 Å². The predicted molar refractivity (Wildman–Crippen MR) is 108 cm³/mol. The monoisotopic (exact) mass is 421 g/mol. The van der Waals surface area contributed by atoms with Crippen molar-refractivity contribution in [3.8, 4) is 11.8 Å². The van der Waals surface area contributed by atoms with Crippen molar-refractivity contribution in [2.45, 2.75) is 0 Å². The first-order chi connectivity index (χ1) is 13.3. The van der Waals surface area contributed by atoms with Crippen molar-refractivity contribution in [3.05, 3.63) is 52.0 Å². The van der Waals surface area contributed by atoms with Gasteiger partial charge in [-0.3, -0.25) is 9.59 Å². The summed E-state index contributed by atoms with van der Waals surface area (Å²) in [4.78, 5) is 25.1. The average Bonchev–Trinajstić information content (AvgIpc) is 2.61. The SMILES string of the molecule is COc1ccc(Cl)cc1NC(=O)C[NH+](C)CC(=O)Nc1ccc(C#N)c(Cl)c1. The van der Waals surface area contributed by atoms with Crippen molar-refractivity contribution in [3.63, 3.8) is 0 Å². The van der Waals surface area contributed by atoms with Crippen molar-refractivity contribution in [2.75, 3.05) is 37.9 Å². The van der Waals surface area contributed by atoms with Gasteiger partial charge in [-0.25, -0.2) is 0 Å². The molecule has 0 aliphatic carbocycles. The number of carbonyl (C=O) groups is 2. The van der Waals surface area contributed by atoms with Crippen LogP contribution in [0.4, 0.5) is 11.4 Å². The van der Waals surface area contributed by atoms with Gasteiger partial charge < -0.3 is 20.3 Å². The number of quaternary nitrogens is 1. The largest absolute Gasteiger partial charge is 0.495 e. The second-order valence-electron chi connectivity index (χ2n) is 6.06. The first-order valence-electron chi connectivity index (χ1n) is 8.26. The molecule has 7 nitrogen and oxygen atoms in total. The number of benzene rings is 2. The highest BCUT2D eigenvalue weighted by atomic mass is 35.5. The molecule has 28 heavy (non-hydrogen) atoms. The van der Waals surface area contributed by atoms with Gasteiger partial charge in [0.15, 0.2) is 13.1 Å². The lowest BCUT2D eigenvalue weighted by molar-refractivity contribution is -0.862. The molecule has 0 bridgehead atoms. The summed E-state index contributed by atoms with van der Waals surface area (Å²) in [5.74, 6) is -0.0791. The minimum atomic E-state index is -0.286. The first kappa shape index (κ1) is 21.5. The third kappa shape index (κ3) is 6.13. The van der Waals surface area contributed by atoms with Crippen molar-refractivity contribution in [2.24, 2.45) is 0 Å². The predicted octanol–water partition coefficient (Wildman–Crippen LogP) is 1.97. The fraction of sp³-hybridized carbons (Fsp3) is 0.211. The highest BCUT2D eigenvalue weighted by Gasteiger charge is 2.16. The van der Waals surface area contributed by atoms with Crippen LogP contribution in [0.3, 0.4) is 0 Å². The van der Waals surface area contributed by atoms with Gasteiger partial charge in [0.2, 0.25) is 0 Å². The number of carbonyl (C=O) groups excluding carboxylic acids is 2. The Labute approximate surface area is 172 Å². The molecule has 2 aromatic carbocycles. The quantitative estimate of drug-likeness (QED) is 0.636. The molecule has 2 rings (SSSR count). The summed E-state index contributed by atoms with van der Waals surface area (Å²) < 4.78 is 5.19. The number of likely N-dealkylation sites (N-methyl/N-ethyl adjacent to an activating group) is 1. The lowest BCUT2D eigenvalue weighted by atomic mass is 10.2. The van der Waals surface area contributed by atoms with E-state index in [-0.39, 0.29) is 29.9 Å². The van der Waals surface area contributed by atoms with Gasteiger partial charge in [-0.1, -0.05) is 23.2 Å². The Balaban J connectivity index is 1.89. The minimum Gasteiger partial charge on any atom is -0.495 e. The Bertz CT molecular complexity index is 928. The maximum atomic E-state index is 12.2. The van der Waals surface area contributed by atoms with Crippen molar-refractivity contribution < 1.29 is 19.2 Å².